The highest BCUT2D eigenvalue weighted by Crippen LogP contribution is 2.56. The molecule has 5 rings (SSSR count). The molecule has 0 radical (unpaired) electrons. The predicted molar refractivity (Wildman–Crippen MR) is 164 cm³/mol. The van der Waals surface area contributed by atoms with Crippen molar-refractivity contribution in [1.29, 1.82) is 0 Å². The summed E-state index contributed by atoms with van der Waals surface area (Å²) in [7, 11) is -2.45. The molecular weight excluding hydrogens is 470 g/mol. The van der Waals surface area contributed by atoms with Crippen molar-refractivity contribution in [3.63, 3.8) is 0 Å². The second-order valence-corrected chi connectivity index (χ2v) is 14.9. The van der Waals surface area contributed by atoms with Gasteiger partial charge >= 0.3 is 0 Å². The summed E-state index contributed by atoms with van der Waals surface area (Å²) in [6.07, 6.45) is 3.60. The van der Waals surface area contributed by atoms with E-state index in [-0.39, 0.29) is 0 Å². The third kappa shape index (κ3) is 5.08. The number of hydrogen-bond donors (Lipinski definition) is 0. The highest BCUT2D eigenvalue weighted by molar-refractivity contribution is 7.95. The normalized spacial score (nSPS) is 11.5. The van der Waals surface area contributed by atoms with E-state index in [4.69, 9.17) is 0 Å². The van der Waals surface area contributed by atoms with Crippen molar-refractivity contribution in [2.45, 2.75) is 19.8 Å². The van der Waals surface area contributed by atoms with E-state index >= 15 is 0 Å². The van der Waals surface area contributed by atoms with Crippen LogP contribution in [0, 0.1) is 0 Å². The maximum atomic E-state index is 2.55. The fourth-order valence-electron chi connectivity index (χ4n) is 5.07. The number of rotatable bonds is 9. The molecule has 0 spiro atoms. The van der Waals surface area contributed by atoms with Gasteiger partial charge in [0.1, 0.15) is 23.2 Å². The van der Waals surface area contributed by atoms with Crippen LogP contribution in [0.3, 0.4) is 0 Å². The Labute approximate surface area is 218 Å². The van der Waals surface area contributed by atoms with E-state index in [0.29, 0.717) is 0 Å². The average Bonchev–Trinajstić information content (AvgIpc) is 2.96. The Kier molecular flexibility index (Phi) is 8.08. The highest BCUT2D eigenvalue weighted by Gasteiger charge is 2.44. The van der Waals surface area contributed by atoms with Gasteiger partial charge in [0.15, 0.2) is 0 Å². The summed E-state index contributed by atoms with van der Waals surface area (Å²) in [5.41, 5.74) is 0. The summed E-state index contributed by atoms with van der Waals surface area (Å²) in [5, 5.41) is 8.66. The van der Waals surface area contributed by atoms with Crippen molar-refractivity contribution in [2.24, 2.45) is 0 Å². The molecule has 0 aromatic heterocycles. The lowest BCUT2D eigenvalue weighted by molar-refractivity contribution is 0.891. The molecule has 0 saturated carbocycles. The molecule has 0 amide bonds. The molecule has 0 unspecified atom stereocenters. The van der Waals surface area contributed by atoms with E-state index in [1.807, 2.05) is 0 Å². The van der Waals surface area contributed by atoms with Crippen molar-refractivity contribution >= 4 is 47.0 Å². The van der Waals surface area contributed by atoms with Gasteiger partial charge in [0.05, 0.1) is 6.16 Å². The van der Waals surface area contributed by atoms with E-state index in [1.165, 1.54) is 50.8 Å². The zero-order valence-corrected chi connectivity index (χ0v) is 22.7. The van der Waals surface area contributed by atoms with Gasteiger partial charge < -0.3 is 0 Å². The van der Waals surface area contributed by atoms with Gasteiger partial charge in [-0.05, 0) is 66.7 Å². The van der Waals surface area contributed by atoms with Crippen LogP contribution in [0.5, 0.6) is 0 Å². The molecule has 5 aromatic carbocycles. The standard InChI is InChI=1S/C34H33P2/c1-2-3-27-36(32-22-12-6-13-23-32,33-24-14-7-15-25-33)34-26-16-21-31(28-34)35(29-17-8-4-9-18-29)30-19-10-5-11-20-30/h4-26,28H,2-3,27H2,1H3/q+1. The Bertz CT molecular complexity index is 1270. The minimum Gasteiger partial charge on any atom is -0.0652 e. The van der Waals surface area contributed by atoms with E-state index in [9.17, 15) is 0 Å². The van der Waals surface area contributed by atoms with Crippen LogP contribution in [0.25, 0.3) is 0 Å². The van der Waals surface area contributed by atoms with Gasteiger partial charge in [0.25, 0.3) is 0 Å². The van der Waals surface area contributed by atoms with Crippen LogP contribution < -0.4 is 31.8 Å². The fraction of sp³-hybridized carbons (Fsp3) is 0.118. The quantitative estimate of drug-likeness (QED) is 0.201. The summed E-state index contributed by atoms with van der Waals surface area (Å²) < 4.78 is 0. The van der Waals surface area contributed by atoms with Crippen LogP contribution in [0.1, 0.15) is 19.8 Å². The van der Waals surface area contributed by atoms with Crippen molar-refractivity contribution in [2.75, 3.05) is 6.16 Å². The Morgan fingerprint density at radius 1 is 0.472 bits per heavy atom. The topological polar surface area (TPSA) is 0 Å². The summed E-state index contributed by atoms with van der Waals surface area (Å²) in [4.78, 5) is 0. The van der Waals surface area contributed by atoms with Crippen molar-refractivity contribution in [3.8, 4) is 0 Å². The summed E-state index contributed by atoms with van der Waals surface area (Å²) >= 11 is 0. The minimum atomic E-state index is -1.81. The summed E-state index contributed by atoms with van der Waals surface area (Å²) in [6, 6.07) is 54.3. The van der Waals surface area contributed by atoms with Gasteiger partial charge in [0, 0.05) is 0 Å². The summed E-state index contributed by atoms with van der Waals surface area (Å²) in [6.45, 7) is 2.31. The first-order valence-electron chi connectivity index (χ1n) is 12.8. The molecule has 178 valence electrons. The van der Waals surface area contributed by atoms with Crippen LogP contribution in [0.4, 0.5) is 0 Å². The van der Waals surface area contributed by atoms with Gasteiger partial charge in [-0.2, -0.15) is 0 Å². The van der Waals surface area contributed by atoms with E-state index in [2.05, 4.69) is 153 Å². The molecular formula is C34H33P2+. The number of unbranched alkanes of at least 4 members (excludes halogenated alkanes) is 1. The van der Waals surface area contributed by atoms with Gasteiger partial charge in [-0.3, -0.25) is 0 Å². The maximum Gasteiger partial charge on any atom is 0.112 e. The largest absolute Gasteiger partial charge is 0.112 e. The van der Waals surface area contributed by atoms with E-state index in [1.54, 1.807) is 0 Å². The van der Waals surface area contributed by atoms with Crippen LogP contribution in [0.15, 0.2) is 146 Å². The third-order valence-electron chi connectivity index (χ3n) is 6.80. The molecule has 0 fully saturated rings. The van der Waals surface area contributed by atoms with Crippen molar-refractivity contribution < 1.29 is 0 Å². The van der Waals surface area contributed by atoms with Crippen LogP contribution in [-0.2, 0) is 0 Å². The maximum absolute atomic E-state index is 2.55. The Morgan fingerprint density at radius 2 is 0.889 bits per heavy atom. The predicted octanol–water partition coefficient (Wildman–Crippen LogP) is 6.54. The monoisotopic (exact) mass is 503 g/mol. The molecule has 5 aromatic rings. The summed E-state index contributed by atoms with van der Waals surface area (Å²) in [5.74, 6) is 0. The Balaban J connectivity index is 1.73. The van der Waals surface area contributed by atoms with Crippen molar-refractivity contribution in [1.82, 2.24) is 0 Å². The number of benzene rings is 5. The van der Waals surface area contributed by atoms with E-state index in [0.717, 1.165) is 0 Å². The van der Waals surface area contributed by atoms with Crippen LogP contribution >= 0.6 is 15.2 Å². The smallest absolute Gasteiger partial charge is 0.0652 e. The Hall–Kier alpha value is -3.04. The van der Waals surface area contributed by atoms with E-state index < -0.39 is 15.2 Å². The molecule has 0 atom stereocenters. The van der Waals surface area contributed by atoms with Crippen LogP contribution in [0.2, 0.25) is 0 Å². The highest BCUT2D eigenvalue weighted by atomic mass is 31.2. The molecule has 0 aliphatic heterocycles. The molecule has 0 bridgehead atoms. The fourth-order valence-corrected chi connectivity index (χ4v) is 12.0. The van der Waals surface area contributed by atoms with Gasteiger partial charge in [0.2, 0.25) is 0 Å². The zero-order chi connectivity index (χ0) is 24.6. The first-order chi connectivity index (χ1) is 17.8. The van der Waals surface area contributed by atoms with Crippen LogP contribution in [-0.4, -0.2) is 6.16 Å². The molecule has 0 N–H and O–H groups in total. The molecule has 0 nitrogen and oxygen atoms in total. The molecule has 0 heterocycles. The average molecular weight is 504 g/mol. The zero-order valence-electron chi connectivity index (χ0n) is 20.9. The lowest BCUT2D eigenvalue weighted by Gasteiger charge is -2.29. The number of hydrogen-bond acceptors (Lipinski definition) is 0. The lowest BCUT2D eigenvalue weighted by atomic mass is 10.3. The first-order valence-corrected chi connectivity index (χ1v) is 16.1. The SMILES string of the molecule is CCCC[P+](c1ccccc1)(c1ccccc1)c1cccc(P(c2ccccc2)c2ccccc2)c1. The second-order valence-electron chi connectivity index (χ2n) is 9.08. The molecule has 0 aliphatic rings. The third-order valence-corrected chi connectivity index (χ3v) is 13.7. The second kappa shape index (κ2) is 11.8. The Morgan fingerprint density at radius 3 is 1.36 bits per heavy atom. The lowest BCUT2D eigenvalue weighted by Crippen LogP contribution is -2.35. The molecule has 0 aliphatic carbocycles. The van der Waals surface area contributed by atoms with Crippen molar-refractivity contribution in [3.05, 3.63) is 146 Å². The first kappa shape index (κ1) is 24.6. The van der Waals surface area contributed by atoms with Gasteiger partial charge in [-0.1, -0.05) is 123 Å². The molecule has 2 heteroatoms. The van der Waals surface area contributed by atoms with Gasteiger partial charge in [-0.15, -0.1) is 0 Å². The molecule has 36 heavy (non-hydrogen) atoms. The van der Waals surface area contributed by atoms with Gasteiger partial charge in [-0.25, -0.2) is 0 Å². The minimum absolute atomic E-state index is 0.642. The molecule has 0 saturated heterocycles.